The van der Waals surface area contributed by atoms with Gasteiger partial charge in [-0.15, -0.1) is 0 Å². The van der Waals surface area contributed by atoms with E-state index in [-0.39, 0.29) is 11.6 Å². The van der Waals surface area contributed by atoms with Crippen molar-refractivity contribution >= 4 is 33.1 Å². The third-order valence-electron chi connectivity index (χ3n) is 3.57. The highest BCUT2D eigenvalue weighted by atomic mass is 19.4. The van der Waals surface area contributed by atoms with Gasteiger partial charge in [0.1, 0.15) is 5.76 Å². The molecule has 0 saturated heterocycles. The van der Waals surface area contributed by atoms with Crippen molar-refractivity contribution in [1.82, 2.24) is 0 Å². The number of aliphatic hydroxyl groups excluding tert-OH is 1. The van der Waals surface area contributed by atoms with Crippen LogP contribution in [0.15, 0.2) is 60.7 Å². The molecule has 1 N–H and O–H groups in total. The Bertz CT molecular complexity index is 886. The van der Waals surface area contributed by atoms with E-state index >= 15 is 0 Å². The van der Waals surface area contributed by atoms with Crippen LogP contribution in [0.4, 0.5) is 13.2 Å². The van der Waals surface area contributed by atoms with Gasteiger partial charge in [0, 0.05) is 11.6 Å². The van der Waals surface area contributed by atoms with E-state index in [9.17, 15) is 23.1 Å². The average molecular weight is 316 g/mol. The Morgan fingerprint density at radius 1 is 0.913 bits per heavy atom. The fourth-order valence-electron chi connectivity index (χ4n) is 2.57. The van der Waals surface area contributed by atoms with Crippen LogP contribution in [0.25, 0.3) is 27.3 Å². The summed E-state index contributed by atoms with van der Waals surface area (Å²) in [5.41, 5.74) is 0.219. The minimum Gasteiger partial charge on any atom is -0.507 e. The number of carbonyl (C=O) groups is 1. The van der Waals surface area contributed by atoms with Crippen LogP contribution in [0, 0.1) is 0 Å². The van der Waals surface area contributed by atoms with Crippen LogP contribution in [-0.4, -0.2) is 17.1 Å². The van der Waals surface area contributed by atoms with Crippen molar-refractivity contribution in [3.63, 3.8) is 0 Å². The quantitative estimate of drug-likeness (QED) is 0.409. The summed E-state index contributed by atoms with van der Waals surface area (Å²) in [4.78, 5) is 11.2. The first-order valence-electron chi connectivity index (χ1n) is 6.80. The van der Waals surface area contributed by atoms with E-state index < -0.39 is 17.7 Å². The highest BCUT2D eigenvalue weighted by molar-refractivity contribution is 6.10. The number of hydrogen-bond acceptors (Lipinski definition) is 2. The number of benzene rings is 3. The van der Waals surface area contributed by atoms with E-state index in [0.717, 1.165) is 10.8 Å². The Kier molecular flexibility index (Phi) is 3.56. The van der Waals surface area contributed by atoms with Crippen molar-refractivity contribution in [2.24, 2.45) is 0 Å². The molecule has 3 aromatic rings. The molecule has 0 bridgehead atoms. The van der Waals surface area contributed by atoms with Gasteiger partial charge in [-0.1, -0.05) is 48.5 Å². The first kappa shape index (κ1) is 15.1. The first-order chi connectivity index (χ1) is 10.9. The molecule has 0 aromatic heterocycles. The molecule has 0 saturated carbocycles. The molecule has 23 heavy (non-hydrogen) atoms. The van der Waals surface area contributed by atoms with Crippen LogP contribution in [-0.2, 0) is 4.79 Å². The standard InChI is InChI=1S/C18H11F3O2/c19-18(20,21)16(23)10-15(22)17-13-7-3-1-5-11(13)9-12-6-2-4-8-14(12)17/h1-10,22H/b15-10-. The van der Waals surface area contributed by atoms with Crippen LogP contribution in [0.5, 0.6) is 0 Å². The summed E-state index contributed by atoms with van der Waals surface area (Å²) in [7, 11) is 0. The van der Waals surface area contributed by atoms with E-state index in [0.29, 0.717) is 10.8 Å². The zero-order chi connectivity index (χ0) is 16.6. The summed E-state index contributed by atoms with van der Waals surface area (Å²) in [6.07, 6.45) is -4.79. The summed E-state index contributed by atoms with van der Waals surface area (Å²) in [6, 6.07) is 15.9. The van der Waals surface area contributed by atoms with Gasteiger partial charge in [0.05, 0.1) is 0 Å². The Balaban J connectivity index is 2.33. The number of carbonyl (C=O) groups excluding carboxylic acids is 1. The maximum atomic E-state index is 12.4. The lowest BCUT2D eigenvalue weighted by Gasteiger charge is -2.11. The van der Waals surface area contributed by atoms with Gasteiger partial charge in [0.25, 0.3) is 5.78 Å². The predicted octanol–water partition coefficient (Wildman–Crippen LogP) is 5.02. The van der Waals surface area contributed by atoms with Crippen molar-refractivity contribution in [2.75, 3.05) is 0 Å². The second-order valence-corrected chi connectivity index (χ2v) is 5.09. The molecule has 0 aliphatic heterocycles. The van der Waals surface area contributed by atoms with Gasteiger partial charge in [-0.05, 0) is 27.6 Å². The van der Waals surface area contributed by atoms with Crippen LogP contribution < -0.4 is 0 Å². The molecule has 5 heteroatoms. The average Bonchev–Trinajstić information content (AvgIpc) is 2.51. The fourth-order valence-corrected chi connectivity index (χ4v) is 2.57. The number of ketones is 1. The molecule has 0 fully saturated rings. The smallest absolute Gasteiger partial charge is 0.454 e. The molecule has 116 valence electrons. The molecule has 0 radical (unpaired) electrons. The van der Waals surface area contributed by atoms with Crippen molar-refractivity contribution < 1.29 is 23.1 Å². The molecular formula is C18H11F3O2. The number of halogens is 3. The molecule has 0 atom stereocenters. The molecule has 0 amide bonds. The second kappa shape index (κ2) is 5.43. The number of aliphatic hydroxyl groups is 1. The van der Waals surface area contributed by atoms with E-state index in [1.54, 1.807) is 48.5 Å². The van der Waals surface area contributed by atoms with Crippen LogP contribution in [0.2, 0.25) is 0 Å². The Labute approximate surface area is 129 Å². The molecular weight excluding hydrogens is 305 g/mol. The maximum absolute atomic E-state index is 12.4. The number of rotatable bonds is 2. The highest BCUT2D eigenvalue weighted by Gasteiger charge is 2.37. The third kappa shape index (κ3) is 2.77. The fraction of sp³-hybridized carbons (Fsp3) is 0.0556. The largest absolute Gasteiger partial charge is 0.507 e. The van der Waals surface area contributed by atoms with Crippen molar-refractivity contribution in [1.29, 1.82) is 0 Å². The molecule has 3 aromatic carbocycles. The zero-order valence-corrected chi connectivity index (χ0v) is 11.8. The molecule has 3 rings (SSSR count). The summed E-state index contributed by atoms with van der Waals surface area (Å²) in [5, 5.41) is 12.9. The lowest BCUT2D eigenvalue weighted by atomic mass is 9.95. The monoisotopic (exact) mass is 316 g/mol. The Morgan fingerprint density at radius 2 is 1.39 bits per heavy atom. The van der Waals surface area contributed by atoms with E-state index in [1.165, 1.54) is 0 Å². The van der Waals surface area contributed by atoms with Crippen LogP contribution in [0.1, 0.15) is 5.56 Å². The van der Waals surface area contributed by atoms with E-state index in [4.69, 9.17) is 0 Å². The van der Waals surface area contributed by atoms with Crippen LogP contribution in [0.3, 0.4) is 0 Å². The predicted molar refractivity (Wildman–Crippen MR) is 83.1 cm³/mol. The minimum absolute atomic E-state index is 0.219. The number of allylic oxidation sites excluding steroid dienone is 1. The van der Waals surface area contributed by atoms with E-state index in [1.807, 2.05) is 6.07 Å². The highest BCUT2D eigenvalue weighted by Crippen LogP contribution is 2.33. The molecule has 0 spiro atoms. The van der Waals surface area contributed by atoms with Crippen molar-refractivity contribution in [2.45, 2.75) is 6.18 Å². The minimum atomic E-state index is -5.02. The number of hydrogen-bond donors (Lipinski definition) is 1. The van der Waals surface area contributed by atoms with E-state index in [2.05, 4.69) is 0 Å². The third-order valence-corrected chi connectivity index (χ3v) is 3.57. The molecule has 0 aliphatic rings. The molecule has 0 heterocycles. The van der Waals surface area contributed by atoms with Gasteiger partial charge in [-0.3, -0.25) is 4.79 Å². The summed E-state index contributed by atoms with van der Waals surface area (Å²) >= 11 is 0. The van der Waals surface area contributed by atoms with Crippen LogP contribution >= 0.6 is 0 Å². The first-order valence-corrected chi connectivity index (χ1v) is 6.80. The SMILES string of the molecule is O=C(/C=C(\O)c1c2ccccc2cc2ccccc12)C(F)(F)F. The van der Waals surface area contributed by atoms with Gasteiger partial charge < -0.3 is 5.11 Å². The molecule has 0 aliphatic carbocycles. The lowest BCUT2D eigenvalue weighted by Crippen LogP contribution is -2.20. The Morgan fingerprint density at radius 3 is 1.87 bits per heavy atom. The van der Waals surface area contributed by atoms with Crippen molar-refractivity contribution in [3.05, 3.63) is 66.2 Å². The Hall–Kier alpha value is -2.82. The maximum Gasteiger partial charge on any atom is 0.454 e. The topological polar surface area (TPSA) is 37.3 Å². The van der Waals surface area contributed by atoms with Gasteiger partial charge in [-0.25, -0.2) is 0 Å². The second-order valence-electron chi connectivity index (χ2n) is 5.09. The molecule has 2 nitrogen and oxygen atoms in total. The van der Waals surface area contributed by atoms with Gasteiger partial charge in [-0.2, -0.15) is 13.2 Å². The zero-order valence-electron chi connectivity index (χ0n) is 11.8. The number of alkyl halides is 3. The van der Waals surface area contributed by atoms with Crippen molar-refractivity contribution in [3.8, 4) is 0 Å². The van der Waals surface area contributed by atoms with Gasteiger partial charge in [0.15, 0.2) is 0 Å². The lowest BCUT2D eigenvalue weighted by molar-refractivity contribution is -0.165. The molecule has 0 unspecified atom stereocenters. The summed E-state index contributed by atoms with van der Waals surface area (Å²) in [5.74, 6) is -2.78. The summed E-state index contributed by atoms with van der Waals surface area (Å²) < 4.78 is 37.3. The van der Waals surface area contributed by atoms with Gasteiger partial charge >= 0.3 is 6.18 Å². The summed E-state index contributed by atoms with van der Waals surface area (Å²) in [6.45, 7) is 0. The normalized spacial score (nSPS) is 12.7. The van der Waals surface area contributed by atoms with Gasteiger partial charge in [0.2, 0.25) is 0 Å². The number of fused-ring (bicyclic) bond motifs is 2.